The Kier molecular flexibility index (Phi) is 33.9. The van der Waals surface area contributed by atoms with Gasteiger partial charge in [0.05, 0.1) is 12.6 Å². The lowest BCUT2D eigenvalue weighted by atomic mass is 10.0. The van der Waals surface area contributed by atoms with Crippen LogP contribution in [-0.4, -0.2) is 198 Å². The first kappa shape index (κ1) is 78.5. The average Bonchev–Trinajstić information content (AvgIpc) is 1.74. The summed E-state index contributed by atoms with van der Waals surface area (Å²) in [6.07, 6.45) is 3.12. The summed E-state index contributed by atoms with van der Waals surface area (Å²) in [5.41, 5.74) is 40.6. The summed E-state index contributed by atoms with van der Waals surface area (Å²) in [6.45, 7) is 3.86. The predicted molar refractivity (Wildman–Crippen MR) is 356 cm³/mol. The van der Waals surface area contributed by atoms with E-state index < -0.39 is 169 Å². The molecule has 0 saturated carbocycles. The minimum Gasteiger partial charge on any atom is -0.370 e. The molecule has 4 rings (SSSR count). The van der Waals surface area contributed by atoms with Gasteiger partial charge in [-0.2, -0.15) is 11.8 Å². The molecule has 22 N–H and O–H groups in total. The number of likely N-dealkylation sites (tertiary alicyclic amines) is 2. The van der Waals surface area contributed by atoms with Gasteiger partial charge in [-0.1, -0.05) is 74.5 Å². The van der Waals surface area contributed by atoms with Gasteiger partial charge in [0.15, 0.2) is 5.96 Å². The van der Waals surface area contributed by atoms with E-state index in [2.05, 4.69) is 47.5 Å². The molecule has 10 atom stereocenters. The van der Waals surface area contributed by atoms with Crippen molar-refractivity contribution < 1.29 is 62.3 Å². The topological polar surface area (TPSA) is 519 Å². The maximum absolute atomic E-state index is 14.7. The van der Waals surface area contributed by atoms with E-state index >= 15 is 0 Å². The fourth-order valence-corrected chi connectivity index (χ4v) is 11.5. The zero-order chi connectivity index (χ0) is 70.1. The number of amides is 13. The number of nitrogens with one attached hydrogen (secondary N) is 8. The van der Waals surface area contributed by atoms with Gasteiger partial charge in [-0.15, -0.1) is 0 Å². The van der Waals surface area contributed by atoms with Gasteiger partial charge in [-0.25, -0.2) is 0 Å². The molecule has 95 heavy (non-hydrogen) atoms. The van der Waals surface area contributed by atoms with Crippen molar-refractivity contribution in [2.24, 2.45) is 51.0 Å². The van der Waals surface area contributed by atoms with E-state index in [0.717, 1.165) is 0 Å². The van der Waals surface area contributed by atoms with Crippen molar-refractivity contribution in [2.45, 2.75) is 183 Å². The molecule has 2 fully saturated rings. The van der Waals surface area contributed by atoms with Crippen LogP contribution in [0.2, 0.25) is 0 Å². The molecule has 0 spiro atoms. The molecule has 2 heterocycles. The van der Waals surface area contributed by atoms with Crippen molar-refractivity contribution in [3.8, 4) is 0 Å². The van der Waals surface area contributed by atoms with Gasteiger partial charge in [-0.05, 0) is 119 Å². The monoisotopic (exact) mass is 1350 g/mol. The molecular formula is C63H98N18O13S. The van der Waals surface area contributed by atoms with Crippen molar-refractivity contribution in [3.63, 3.8) is 0 Å². The number of guanidine groups is 1. The summed E-state index contributed by atoms with van der Waals surface area (Å²) in [7, 11) is 0. The van der Waals surface area contributed by atoms with Gasteiger partial charge < -0.3 is 92.5 Å². The third kappa shape index (κ3) is 27.5. The Bertz CT molecular complexity index is 2960. The number of benzene rings is 2. The summed E-state index contributed by atoms with van der Waals surface area (Å²) >= 11 is 1.45. The molecule has 0 unspecified atom stereocenters. The van der Waals surface area contributed by atoms with Crippen LogP contribution >= 0.6 is 11.8 Å². The number of carbonyl (C=O) groups excluding carboxylic acids is 13. The Morgan fingerprint density at radius 3 is 1.51 bits per heavy atom. The van der Waals surface area contributed by atoms with Gasteiger partial charge in [0.2, 0.25) is 76.8 Å². The van der Waals surface area contributed by atoms with Gasteiger partial charge in [0.25, 0.3) is 0 Å². The fourth-order valence-electron chi connectivity index (χ4n) is 11.0. The number of nitrogens with zero attached hydrogens (tertiary/aromatic N) is 3. The highest BCUT2D eigenvalue weighted by Gasteiger charge is 2.42. The predicted octanol–water partition coefficient (Wildman–Crippen LogP) is -3.71. The molecule has 0 aromatic heterocycles. The number of unbranched alkanes of at least 4 members (excludes halogenated alkanes) is 1. The lowest BCUT2D eigenvalue weighted by Gasteiger charge is -2.32. The molecule has 2 aliphatic heterocycles. The molecular weight excluding hydrogens is 1250 g/mol. The SMILES string of the molecule is CSCC[C@H](NC(=O)[C@@H](CC(C)C)NC(=O)CNC(=O)[C@@H](Cc1ccccc1)NC(=O)[C@@H](Cc1ccccc1)NC(=O)[C@H](CCC(N)=O)NC(=O)[C@@H](CCC(N)=O)NC(=O)[C@H]1CCCN1C(=O)[C@H](CCCCN)NC(=O)[C@@H]1CCCN1C(=O)[C@H](N)CCCN=C(N)N)C(N)=O. The summed E-state index contributed by atoms with van der Waals surface area (Å²) < 4.78 is 0. The minimum atomic E-state index is -1.64. The van der Waals surface area contributed by atoms with Crippen LogP contribution in [0.1, 0.15) is 121 Å². The van der Waals surface area contributed by atoms with Crippen molar-refractivity contribution in [1.82, 2.24) is 52.3 Å². The van der Waals surface area contributed by atoms with Crippen molar-refractivity contribution in [3.05, 3.63) is 71.8 Å². The summed E-state index contributed by atoms with van der Waals surface area (Å²) in [5.74, 6) is -9.80. The second kappa shape index (κ2) is 41.0. The second-order valence-corrected chi connectivity index (χ2v) is 25.1. The molecule has 31 nitrogen and oxygen atoms in total. The van der Waals surface area contributed by atoms with Crippen LogP contribution in [0.3, 0.4) is 0 Å². The first-order chi connectivity index (χ1) is 45.2. The Morgan fingerprint density at radius 2 is 1.01 bits per heavy atom. The summed E-state index contributed by atoms with van der Waals surface area (Å²) in [5, 5.41) is 21.1. The quantitative estimate of drug-likeness (QED) is 0.0173. The zero-order valence-electron chi connectivity index (χ0n) is 54.5. The van der Waals surface area contributed by atoms with Crippen LogP contribution < -0.4 is 82.7 Å². The van der Waals surface area contributed by atoms with E-state index in [1.165, 1.54) is 21.6 Å². The van der Waals surface area contributed by atoms with Crippen LogP contribution in [-0.2, 0) is 75.2 Å². The molecule has 0 radical (unpaired) electrons. The van der Waals surface area contributed by atoms with Crippen molar-refractivity contribution in [1.29, 1.82) is 0 Å². The average molecular weight is 1350 g/mol. The Labute approximate surface area is 558 Å². The lowest BCUT2D eigenvalue weighted by Crippen LogP contribution is -2.60. The highest BCUT2D eigenvalue weighted by atomic mass is 32.2. The molecule has 2 aromatic rings. The van der Waals surface area contributed by atoms with Crippen LogP contribution in [0.25, 0.3) is 0 Å². The highest BCUT2D eigenvalue weighted by Crippen LogP contribution is 2.24. The molecule has 0 bridgehead atoms. The van der Waals surface area contributed by atoms with Crippen molar-refractivity contribution in [2.75, 3.05) is 44.7 Å². The van der Waals surface area contributed by atoms with Gasteiger partial charge in [-0.3, -0.25) is 67.3 Å². The van der Waals surface area contributed by atoms with Crippen LogP contribution in [0.15, 0.2) is 65.7 Å². The smallest absolute Gasteiger partial charge is 0.245 e. The third-order valence-corrected chi connectivity index (χ3v) is 16.7. The van der Waals surface area contributed by atoms with Gasteiger partial charge in [0.1, 0.15) is 54.4 Å². The highest BCUT2D eigenvalue weighted by molar-refractivity contribution is 7.98. The van der Waals surface area contributed by atoms with E-state index in [-0.39, 0.29) is 83.0 Å². The number of hydrogen-bond acceptors (Lipinski definition) is 17. The van der Waals surface area contributed by atoms with E-state index in [1.807, 2.05) is 20.1 Å². The van der Waals surface area contributed by atoms with Gasteiger partial charge >= 0.3 is 0 Å². The third-order valence-electron chi connectivity index (χ3n) is 16.0. The summed E-state index contributed by atoms with van der Waals surface area (Å²) in [4.78, 5) is 185. The number of carbonyl (C=O) groups is 13. The molecule has 524 valence electrons. The molecule has 2 aliphatic rings. The number of nitrogens with two attached hydrogens (primary N) is 7. The maximum Gasteiger partial charge on any atom is 0.245 e. The van der Waals surface area contributed by atoms with Crippen LogP contribution in [0.5, 0.6) is 0 Å². The first-order valence-electron chi connectivity index (χ1n) is 32.2. The second-order valence-electron chi connectivity index (χ2n) is 24.1. The Balaban J connectivity index is 1.56. The normalized spacial score (nSPS) is 16.8. The Morgan fingerprint density at radius 1 is 0.537 bits per heavy atom. The number of hydrogen-bond donors (Lipinski definition) is 15. The molecule has 13 amide bonds. The van der Waals surface area contributed by atoms with E-state index in [9.17, 15) is 62.3 Å². The molecule has 0 aliphatic carbocycles. The van der Waals surface area contributed by atoms with E-state index in [4.69, 9.17) is 40.1 Å². The van der Waals surface area contributed by atoms with Crippen molar-refractivity contribution >= 4 is 94.5 Å². The Hall–Kier alpha value is -8.91. The number of aliphatic imine (C=N–C) groups is 1. The van der Waals surface area contributed by atoms with Gasteiger partial charge in [0, 0.05) is 45.3 Å². The number of rotatable bonds is 42. The fraction of sp³-hybridized carbons (Fsp3) is 0.587. The standard InChI is InChI=1S/C63H98N18O13S/c1-37(2)33-45(57(89)74-41(53(68)85)27-32-95-3)73-52(84)36-72-54(86)46(34-38-15-6-4-7-16-38)78-58(90)47(35-39-17-8-5-9-18-39)79-56(88)42(23-25-50(66)82)75-55(87)43(24-26-51(67)83)76-59(91)49-22-14-31-81(49)62(94)44(20-10-11-28-64)77-60(92)48-21-13-30-80(48)61(93)40(65)19-12-29-71-63(69)70/h4-9,15-18,37,40-49H,10-14,19-36,64-65H2,1-3H3,(H2,66,82)(H2,67,83)(H2,68,85)(H,72,86)(H,73,84)(H,74,89)(H,75,87)(H,76,91)(H,77,92)(H,78,90)(H,79,88)(H4,69,70,71)/t40-,41+,42+,43-,44+,45-,46-,47-,48+,49-/m1/s1. The summed E-state index contributed by atoms with van der Waals surface area (Å²) in [6, 6.07) is 4.51. The minimum absolute atomic E-state index is 0.0736. The maximum atomic E-state index is 14.7. The first-order valence-corrected chi connectivity index (χ1v) is 33.6. The molecule has 2 aromatic carbocycles. The number of thioether (sulfide) groups is 1. The number of primary amides is 3. The van der Waals surface area contributed by atoms with Crippen LogP contribution in [0, 0.1) is 5.92 Å². The largest absolute Gasteiger partial charge is 0.370 e. The van der Waals surface area contributed by atoms with E-state index in [1.54, 1.807) is 60.7 Å². The molecule has 2 saturated heterocycles. The molecule has 32 heteroatoms. The van der Waals surface area contributed by atoms with Crippen LogP contribution in [0.4, 0.5) is 0 Å². The van der Waals surface area contributed by atoms with E-state index in [0.29, 0.717) is 55.4 Å². The zero-order valence-corrected chi connectivity index (χ0v) is 55.3. The lowest BCUT2D eigenvalue weighted by molar-refractivity contribution is -0.144.